The number of aliphatic hydroxyl groups excluding tert-OH is 1. The molecule has 3 rings (SSSR count). The molecule has 5 heteroatoms. The number of aliphatic hydroxyl groups is 1. The van der Waals surface area contributed by atoms with Crippen molar-refractivity contribution in [3.63, 3.8) is 0 Å². The normalized spacial score (nSPS) is 29.1. The molecule has 0 radical (unpaired) electrons. The van der Waals surface area contributed by atoms with Crippen LogP contribution in [0.3, 0.4) is 0 Å². The van der Waals surface area contributed by atoms with Crippen molar-refractivity contribution in [3.8, 4) is 0 Å². The Hall–Kier alpha value is -0.680. The van der Waals surface area contributed by atoms with Crippen molar-refractivity contribution in [2.24, 2.45) is 22.5 Å². The zero-order valence-electron chi connectivity index (χ0n) is 18.0. The SMILES string of the molecule is C=C(N)CC1CCC2(CC1)CCN(CC1(CO)CC1(F)F)CC2.CC.CC. The highest BCUT2D eigenvalue weighted by molar-refractivity contribution is 5.11. The van der Waals surface area contributed by atoms with E-state index in [1.165, 1.54) is 25.7 Å². The minimum absolute atomic E-state index is 0.150. The van der Waals surface area contributed by atoms with Crippen LogP contribution in [0.1, 0.15) is 79.1 Å². The van der Waals surface area contributed by atoms with Gasteiger partial charge >= 0.3 is 0 Å². The second-order valence-corrected chi connectivity index (χ2v) is 8.40. The molecule has 2 aliphatic carbocycles. The number of allylic oxidation sites excluding steroid dienone is 1. The van der Waals surface area contributed by atoms with Crippen molar-refractivity contribution in [2.45, 2.75) is 85.0 Å². The van der Waals surface area contributed by atoms with Gasteiger partial charge in [-0.3, -0.25) is 0 Å². The summed E-state index contributed by atoms with van der Waals surface area (Å²) in [7, 11) is 0. The number of alkyl halides is 2. The van der Waals surface area contributed by atoms with E-state index in [-0.39, 0.29) is 6.42 Å². The van der Waals surface area contributed by atoms with Crippen molar-refractivity contribution in [1.82, 2.24) is 4.90 Å². The Morgan fingerprint density at radius 2 is 1.56 bits per heavy atom. The molecule has 3 N–H and O–H groups in total. The maximum absolute atomic E-state index is 13.5. The maximum atomic E-state index is 13.5. The minimum atomic E-state index is -2.67. The summed E-state index contributed by atoms with van der Waals surface area (Å²) in [4.78, 5) is 2.15. The van der Waals surface area contributed by atoms with Gasteiger partial charge in [0.1, 0.15) is 0 Å². The Balaban J connectivity index is 0.000000855. The second kappa shape index (κ2) is 10.2. The van der Waals surface area contributed by atoms with Crippen LogP contribution in [-0.4, -0.2) is 42.2 Å². The number of nitrogens with zero attached hydrogens (tertiary/aromatic N) is 1. The van der Waals surface area contributed by atoms with Gasteiger partial charge in [-0.25, -0.2) is 8.78 Å². The number of hydrogen-bond acceptors (Lipinski definition) is 3. The molecule has 0 aromatic heterocycles. The van der Waals surface area contributed by atoms with E-state index in [1.54, 1.807) is 0 Å². The van der Waals surface area contributed by atoms with Gasteiger partial charge < -0.3 is 15.7 Å². The molecule has 1 atom stereocenters. The molecule has 1 unspecified atom stereocenters. The van der Waals surface area contributed by atoms with Crippen molar-refractivity contribution in [1.29, 1.82) is 0 Å². The molecule has 2 saturated carbocycles. The van der Waals surface area contributed by atoms with E-state index in [9.17, 15) is 13.9 Å². The summed E-state index contributed by atoms with van der Waals surface area (Å²) in [5, 5.41) is 9.34. The van der Waals surface area contributed by atoms with Crippen molar-refractivity contribution < 1.29 is 13.9 Å². The van der Waals surface area contributed by atoms with E-state index < -0.39 is 17.9 Å². The molecule has 0 bridgehead atoms. The average molecular weight is 389 g/mol. The van der Waals surface area contributed by atoms with Crippen LogP contribution >= 0.6 is 0 Å². The molecule has 0 amide bonds. The van der Waals surface area contributed by atoms with Gasteiger partial charge in [-0.1, -0.05) is 34.3 Å². The summed E-state index contributed by atoms with van der Waals surface area (Å²) in [6.07, 6.45) is 7.91. The highest BCUT2D eigenvalue weighted by Crippen LogP contribution is 2.60. The van der Waals surface area contributed by atoms with E-state index in [0.717, 1.165) is 38.0 Å². The monoisotopic (exact) mass is 388 g/mol. The third-order valence-electron chi connectivity index (χ3n) is 6.67. The van der Waals surface area contributed by atoms with Crippen LogP contribution in [-0.2, 0) is 0 Å². The van der Waals surface area contributed by atoms with Gasteiger partial charge in [-0.2, -0.15) is 0 Å². The van der Waals surface area contributed by atoms with E-state index in [4.69, 9.17) is 5.73 Å². The van der Waals surface area contributed by atoms with Crippen LogP contribution in [0.2, 0.25) is 0 Å². The molecule has 1 aliphatic heterocycles. The quantitative estimate of drug-likeness (QED) is 0.681. The molecule has 3 fully saturated rings. The third-order valence-corrected chi connectivity index (χ3v) is 6.67. The van der Waals surface area contributed by atoms with E-state index in [1.807, 2.05) is 27.7 Å². The van der Waals surface area contributed by atoms with E-state index in [2.05, 4.69) is 11.5 Å². The molecule has 3 nitrogen and oxygen atoms in total. The Bertz CT molecular complexity index is 451. The first-order valence-corrected chi connectivity index (χ1v) is 10.9. The summed E-state index contributed by atoms with van der Waals surface area (Å²) in [5.41, 5.74) is 5.78. The Morgan fingerprint density at radius 3 is 1.93 bits per heavy atom. The van der Waals surface area contributed by atoms with Gasteiger partial charge in [-0.15, -0.1) is 0 Å². The van der Waals surface area contributed by atoms with Gasteiger partial charge in [0.05, 0.1) is 12.0 Å². The van der Waals surface area contributed by atoms with Crippen molar-refractivity contribution >= 4 is 0 Å². The predicted octanol–water partition coefficient (Wildman–Crippen LogP) is 5.19. The summed E-state index contributed by atoms with van der Waals surface area (Å²) in [5.74, 6) is -1.99. The minimum Gasteiger partial charge on any atom is -0.403 e. The average Bonchev–Trinajstić information content (AvgIpc) is 3.23. The molecule has 0 aromatic carbocycles. The summed E-state index contributed by atoms with van der Waals surface area (Å²) in [6.45, 7) is 13.6. The Kier molecular flexibility index (Phi) is 9.20. The van der Waals surface area contributed by atoms with Crippen LogP contribution in [0.25, 0.3) is 0 Å². The van der Waals surface area contributed by atoms with Gasteiger partial charge in [0.25, 0.3) is 5.92 Å². The fourth-order valence-electron chi connectivity index (χ4n) is 4.75. The molecule has 27 heavy (non-hydrogen) atoms. The van der Waals surface area contributed by atoms with Crippen molar-refractivity contribution in [3.05, 3.63) is 12.3 Å². The van der Waals surface area contributed by atoms with Crippen LogP contribution in [0.15, 0.2) is 12.3 Å². The zero-order valence-corrected chi connectivity index (χ0v) is 18.0. The first-order chi connectivity index (χ1) is 12.8. The molecule has 3 aliphatic rings. The smallest absolute Gasteiger partial charge is 0.258 e. The zero-order chi connectivity index (χ0) is 20.7. The molecular weight excluding hydrogens is 346 g/mol. The molecule has 1 spiro atoms. The number of halogens is 2. The fraction of sp³-hybridized carbons (Fsp3) is 0.909. The lowest BCUT2D eigenvalue weighted by molar-refractivity contribution is -0.00364. The lowest BCUT2D eigenvalue weighted by Crippen LogP contribution is -2.45. The summed E-state index contributed by atoms with van der Waals surface area (Å²) < 4.78 is 27.0. The topological polar surface area (TPSA) is 49.5 Å². The van der Waals surface area contributed by atoms with Crippen LogP contribution in [0.5, 0.6) is 0 Å². The molecule has 1 saturated heterocycles. The first kappa shape index (κ1) is 24.4. The number of likely N-dealkylation sites (tertiary alicyclic amines) is 1. The number of rotatable bonds is 5. The van der Waals surface area contributed by atoms with Gasteiger partial charge in [-0.05, 0) is 69.4 Å². The number of piperidine rings is 1. The Morgan fingerprint density at radius 1 is 1.07 bits per heavy atom. The van der Waals surface area contributed by atoms with Gasteiger partial charge in [0, 0.05) is 18.7 Å². The number of hydrogen-bond donors (Lipinski definition) is 2. The lowest BCUT2D eigenvalue weighted by atomic mass is 9.65. The standard InChI is InChI=1S/C18H30F2N2O.2C2H6/c1-14(21)10-15-2-4-16(5-3-15)6-8-22(9-7-16)12-17(13-23)11-18(17,19)20;2*1-2/h15,23H,1-13,21H2;2*1-2H3. The summed E-state index contributed by atoms with van der Waals surface area (Å²) in [6, 6.07) is 0. The highest BCUT2D eigenvalue weighted by Gasteiger charge is 2.71. The molecule has 160 valence electrons. The number of nitrogens with two attached hydrogens (primary N) is 1. The lowest BCUT2D eigenvalue weighted by Gasteiger charge is -2.46. The molecular formula is C22H42F2N2O. The van der Waals surface area contributed by atoms with E-state index >= 15 is 0 Å². The van der Waals surface area contributed by atoms with E-state index in [0.29, 0.717) is 17.9 Å². The predicted molar refractivity (Wildman–Crippen MR) is 110 cm³/mol. The molecule has 1 heterocycles. The van der Waals surface area contributed by atoms with Gasteiger partial charge in [0.15, 0.2) is 0 Å². The maximum Gasteiger partial charge on any atom is 0.258 e. The van der Waals surface area contributed by atoms with Crippen LogP contribution in [0.4, 0.5) is 8.78 Å². The van der Waals surface area contributed by atoms with Gasteiger partial charge in [0.2, 0.25) is 0 Å². The van der Waals surface area contributed by atoms with Crippen LogP contribution < -0.4 is 5.73 Å². The van der Waals surface area contributed by atoms with Crippen molar-refractivity contribution in [2.75, 3.05) is 26.2 Å². The largest absolute Gasteiger partial charge is 0.403 e. The fourth-order valence-corrected chi connectivity index (χ4v) is 4.75. The van der Waals surface area contributed by atoms with Crippen LogP contribution in [0, 0.1) is 16.7 Å². The molecule has 0 aromatic rings. The Labute approximate surface area is 165 Å². The summed E-state index contributed by atoms with van der Waals surface area (Å²) >= 11 is 0. The first-order valence-electron chi connectivity index (χ1n) is 10.9. The second-order valence-electron chi connectivity index (χ2n) is 8.40. The highest BCUT2D eigenvalue weighted by atomic mass is 19.3. The third kappa shape index (κ3) is 5.90.